The Balaban J connectivity index is 1.19. The number of benzene rings is 3. The van der Waals surface area contributed by atoms with E-state index in [2.05, 4.69) is 94.6 Å². The molecule has 184 valence electrons. The van der Waals surface area contributed by atoms with Crippen molar-refractivity contribution >= 4 is 17.3 Å². The Labute approximate surface area is 213 Å². The first kappa shape index (κ1) is 23.8. The van der Waals surface area contributed by atoms with Gasteiger partial charge in [0.2, 0.25) is 5.95 Å². The Hall–Kier alpha value is -3.90. The molecule has 1 aliphatic rings. The Morgan fingerprint density at radius 2 is 1.58 bits per heavy atom. The fourth-order valence-corrected chi connectivity index (χ4v) is 4.85. The molecule has 1 aromatic heterocycles. The number of nitrogens with zero attached hydrogens (tertiary/aromatic N) is 4. The molecule has 0 radical (unpaired) electrons. The number of aryl methyl sites for hydroxylation is 2. The van der Waals surface area contributed by atoms with Gasteiger partial charge in [0.1, 0.15) is 5.75 Å². The zero-order valence-corrected chi connectivity index (χ0v) is 21.2. The van der Waals surface area contributed by atoms with E-state index in [1.54, 1.807) is 7.11 Å². The van der Waals surface area contributed by atoms with Gasteiger partial charge in [0.05, 0.1) is 12.8 Å². The summed E-state index contributed by atoms with van der Waals surface area (Å²) in [5, 5.41) is 3.37. The summed E-state index contributed by atoms with van der Waals surface area (Å²) >= 11 is 0. The number of methoxy groups -OCH3 is 1. The summed E-state index contributed by atoms with van der Waals surface area (Å²) in [6.07, 6.45) is 1.82. The molecule has 0 bridgehead atoms. The van der Waals surface area contributed by atoms with Crippen LogP contribution in [0.5, 0.6) is 5.75 Å². The summed E-state index contributed by atoms with van der Waals surface area (Å²) in [7, 11) is 1.72. The molecule has 0 saturated carbocycles. The van der Waals surface area contributed by atoms with Gasteiger partial charge in [0.25, 0.3) is 0 Å². The lowest BCUT2D eigenvalue weighted by Gasteiger charge is -2.36. The van der Waals surface area contributed by atoms with Gasteiger partial charge >= 0.3 is 0 Å². The fourth-order valence-electron chi connectivity index (χ4n) is 4.85. The van der Waals surface area contributed by atoms with E-state index in [9.17, 15) is 0 Å². The van der Waals surface area contributed by atoms with Crippen LogP contribution in [0, 0.1) is 13.8 Å². The van der Waals surface area contributed by atoms with Crippen LogP contribution in [0.4, 0.5) is 17.3 Å². The van der Waals surface area contributed by atoms with Gasteiger partial charge in [-0.15, -0.1) is 0 Å². The van der Waals surface area contributed by atoms with Gasteiger partial charge < -0.3 is 15.0 Å². The van der Waals surface area contributed by atoms with E-state index in [4.69, 9.17) is 9.72 Å². The standard InChI is InChI=1S/C30H33N5O/c1-22-6-4-7-23(2)29(22)28-14-15-31-30(33-28)32-25-10-12-26(13-11-25)35-18-16-34(17-19-35)21-24-8-5-9-27(20-24)36-3/h4-15,20H,16-19,21H2,1-3H3,(H,31,32,33). The van der Waals surface area contributed by atoms with Crippen LogP contribution in [-0.4, -0.2) is 48.2 Å². The minimum absolute atomic E-state index is 0.606. The second-order valence-corrected chi connectivity index (χ2v) is 9.32. The van der Waals surface area contributed by atoms with Gasteiger partial charge in [-0.05, 0) is 73.0 Å². The van der Waals surface area contributed by atoms with Crippen LogP contribution in [0.25, 0.3) is 11.3 Å². The second kappa shape index (κ2) is 10.8. The van der Waals surface area contributed by atoms with Crippen LogP contribution in [-0.2, 0) is 6.54 Å². The van der Waals surface area contributed by atoms with Crippen LogP contribution < -0.4 is 15.0 Å². The smallest absolute Gasteiger partial charge is 0.227 e. The lowest BCUT2D eigenvalue weighted by molar-refractivity contribution is 0.249. The van der Waals surface area contributed by atoms with Crippen molar-refractivity contribution in [2.75, 3.05) is 43.5 Å². The van der Waals surface area contributed by atoms with Crippen molar-refractivity contribution in [3.8, 4) is 17.0 Å². The van der Waals surface area contributed by atoms with Crippen molar-refractivity contribution in [3.63, 3.8) is 0 Å². The van der Waals surface area contributed by atoms with Gasteiger partial charge in [0.15, 0.2) is 0 Å². The molecule has 6 nitrogen and oxygen atoms in total. The summed E-state index contributed by atoms with van der Waals surface area (Å²) in [6.45, 7) is 9.29. The highest BCUT2D eigenvalue weighted by molar-refractivity contribution is 5.69. The monoisotopic (exact) mass is 479 g/mol. The summed E-state index contributed by atoms with van der Waals surface area (Å²) in [5.41, 5.74) is 8.05. The zero-order chi connectivity index (χ0) is 24.9. The Bertz CT molecular complexity index is 1290. The van der Waals surface area contributed by atoms with Gasteiger partial charge in [-0.2, -0.15) is 0 Å². The third kappa shape index (κ3) is 5.50. The van der Waals surface area contributed by atoms with Crippen molar-refractivity contribution in [2.45, 2.75) is 20.4 Å². The molecule has 36 heavy (non-hydrogen) atoms. The number of piperazine rings is 1. The van der Waals surface area contributed by atoms with E-state index in [-0.39, 0.29) is 0 Å². The molecule has 4 aromatic rings. The maximum Gasteiger partial charge on any atom is 0.227 e. The Morgan fingerprint density at radius 1 is 0.861 bits per heavy atom. The highest BCUT2D eigenvalue weighted by atomic mass is 16.5. The predicted octanol–water partition coefficient (Wildman–Crippen LogP) is 5.83. The molecule has 1 aliphatic heterocycles. The Kier molecular flexibility index (Phi) is 7.14. The van der Waals surface area contributed by atoms with Crippen LogP contribution >= 0.6 is 0 Å². The molecule has 1 saturated heterocycles. The number of hydrogen-bond donors (Lipinski definition) is 1. The number of aromatic nitrogens is 2. The molecule has 0 aliphatic carbocycles. The Morgan fingerprint density at radius 3 is 2.31 bits per heavy atom. The van der Waals surface area contributed by atoms with Gasteiger partial charge in [-0.1, -0.05) is 30.3 Å². The molecule has 0 spiro atoms. The molecule has 2 heterocycles. The maximum absolute atomic E-state index is 5.36. The number of hydrogen-bond acceptors (Lipinski definition) is 6. The van der Waals surface area contributed by atoms with Crippen molar-refractivity contribution in [1.82, 2.24) is 14.9 Å². The molecule has 5 rings (SSSR count). The topological polar surface area (TPSA) is 53.5 Å². The quantitative estimate of drug-likeness (QED) is 0.360. The number of rotatable bonds is 7. The summed E-state index contributed by atoms with van der Waals surface area (Å²) < 4.78 is 5.36. The largest absolute Gasteiger partial charge is 0.497 e. The van der Waals surface area contributed by atoms with Gasteiger partial charge in [0, 0.05) is 55.9 Å². The van der Waals surface area contributed by atoms with E-state index in [1.807, 2.05) is 18.3 Å². The highest BCUT2D eigenvalue weighted by Crippen LogP contribution is 2.27. The second-order valence-electron chi connectivity index (χ2n) is 9.32. The number of ether oxygens (including phenoxy) is 1. The van der Waals surface area contributed by atoms with Gasteiger partial charge in [-0.3, -0.25) is 4.90 Å². The van der Waals surface area contributed by atoms with Crippen LogP contribution in [0.3, 0.4) is 0 Å². The minimum atomic E-state index is 0.606. The van der Waals surface area contributed by atoms with Crippen molar-refractivity contribution in [2.24, 2.45) is 0 Å². The third-order valence-electron chi connectivity index (χ3n) is 6.79. The number of anilines is 3. The number of nitrogens with one attached hydrogen (secondary N) is 1. The SMILES string of the molecule is COc1cccc(CN2CCN(c3ccc(Nc4nccc(-c5c(C)cccc5C)n4)cc3)CC2)c1. The maximum atomic E-state index is 5.36. The average molecular weight is 480 g/mol. The fraction of sp³-hybridized carbons (Fsp3) is 0.267. The lowest BCUT2D eigenvalue weighted by atomic mass is 10.00. The van der Waals surface area contributed by atoms with Gasteiger partial charge in [-0.25, -0.2) is 9.97 Å². The molecule has 0 atom stereocenters. The van der Waals surface area contributed by atoms with Crippen LogP contribution in [0.1, 0.15) is 16.7 Å². The molecular weight excluding hydrogens is 446 g/mol. The molecule has 0 amide bonds. The van der Waals surface area contributed by atoms with Crippen molar-refractivity contribution in [3.05, 3.63) is 95.7 Å². The molecule has 3 aromatic carbocycles. The zero-order valence-electron chi connectivity index (χ0n) is 21.2. The molecule has 1 fully saturated rings. The summed E-state index contributed by atoms with van der Waals surface area (Å²) in [6, 6.07) is 25.2. The van der Waals surface area contributed by atoms with E-state index >= 15 is 0 Å². The average Bonchev–Trinajstić information content (AvgIpc) is 2.90. The normalized spacial score (nSPS) is 14.0. The van der Waals surface area contributed by atoms with Crippen molar-refractivity contribution < 1.29 is 4.74 Å². The first-order valence-electron chi connectivity index (χ1n) is 12.5. The van der Waals surface area contributed by atoms with Crippen LogP contribution in [0.2, 0.25) is 0 Å². The van der Waals surface area contributed by atoms with E-state index in [0.29, 0.717) is 5.95 Å². The van der Waals surface area contributed by atoms with E-state index in [0.717, 1.165) is 49.9 Å². The third-order valence-corrected chi connectivity index (χ3v) is 6.79. The molecular formula is C30H33N5O. The molecule has 6 heteroatoms. The minimum Gasteiger partial charge on any atom is -0.497 e. The summed E-state index contributed by atoms with van der Waals surface area (Å²) in [4.78, 5) is 14.2. The predicted molar refractivity (Wildman–Crippen MR) is 147 cm³/mol. The van der Waals surface area contributed by atoms with E-state index in [1.165, 1.54) is 27.9 Å². The highest BCUT2D eigenvalue weighted by Gasteiger charge is 2.17. The first-order chi connectivity index (χ1) is 17.6. The molecule has 0 unspecified atom stereocenters. The summed E-state index contributed by atoms with van der Waals surface area (Å²) in [5.74, 6) is 1.52. The lowest BCUT2D eigenvalue weighted by Crippen LogP contribution is -2.45. The van der Waals surface area contributed by atoms with Crippen molar-refractivity contribution in [1.29, 1.82) is 0 Å². The molecule has 1 N–H and O–H groups in total. The first-order valence-corrected chi connectivity index (χ1v) is 12.5. The van der Waals surface area contributed by atoms with E-state index < -0.39 is 0 Å². The van der Waals surface area contributed by atoms with Crippen LogP contribution in [0.15, 0.2) is 79.0 Å².